The fourth-order valence-corrected chi connectivity index (χ4v) is 7.72. The third-order valence-corrected chi connectivity index (χ3v) is 10.3. The molecule has 1 saturated carbocycles. The number of pyridine rings is 2. The Morgan fingerprint density at radius 3 is 0.864 bits per heavy atom. The number of nitrogens with zero attached hydrogens (tertiary/aromatic N) is 2. The van der Waals surface area contributed by atoms with E-state index in [0.29, 0.717) is 23.7 Å². The Morgan fingerprint density at radius 2 is 0.591 bits per heavy atom. The van der Waals surface area contributed by atoms with Gasteiger partial charge >= 0.3 is 0 Å². The zero-order chi connectivity index (χ0) is 30.1. The van der Waals surface area contributed by atoms with E-state index in [1.807, 2.05) is 12.4 Å². The SMILES string of the molecule is c1ccc(C2CCCCC(c3ccccc3)CCCCC(c3cccnc3)CCCCC(c3cccnc3)CCCC2)cc1. The van der Waals surface area contributed by atoms with Crippen LogP contribution in [-0.2, 0) is 0 Å². The van der Waals surface area contributed by atoms with Crippen LogP contribution >= 0.6 is 0 Å². The van der Waals surface area contributed by atoms with Crippen molar-refractivity contribution in [2.75, 3.05) is 0 Å². The molecule has 232 valence electrons. The predicted octanol–water partition coefficient (Wildman–Crippen LogP) is 12.2. The van der Waals surface area contributed by atoms with Gasteiger partial charge in [-0.3, -0.25) is 9.97 Å². The van der Waals surface area contributed by atoms with Gasteiger partial charge in [0.25, 0.3) is 0 Å². The molecule has 0 bridgehead atoms. The van der Waals surface area contributed by atoms with Gasteiger partial charge in [0.05, 0.1) is 0 Å². The smallest absolute Gasteiger partial charge is 0.0302 e. The molecule has 5 rings (SSSR count). The number of hydrogen-bond donors (Lipinski definition) is 0. The molecule has 2 heterocycles. The summed E-state index contributed by atoms with van der Waals surface area (Å²) < 4.78 is 0. The van der Waals surface area contributed by atoms with Crippen molar-refractivity contribution in [2.45, 2.75) is 126 Å². The Hall–Kier alpha value is -3.26. The minimum atomic E-state index is 0.622. The average Bonchev–Trinajstić information content (AvgIpc) is 3.09. The van der Waals surface area contributed by atoms with Crippen LogP contribution in [0, 0.1) is 0 Å². The fraction of sp³-hybridized carbons (Fsp3) is 0.476. The highest BCUT2D eigenvalue weighted by Crippen LogP contribution is 2.35. The van der Waals surface area contributed by atoms with Gasteiger partial charge in [0.15, 0.2) is 0 Å². The summed E-state index contributed by atoms with van der Waals surface area (Å²) in [6.45, 7) is 0. The lowest BCUT2D eigenvalue weighted by atomic mass is 9.83. The molecule has 4 unspecified atom stereocenters. The van der Waals surface area contributed by atoms with E-state index < -0.39 is 0 Å². The van der Waals surface area contributed by atoms with Gasteiger partial charge in [-0.15, -0.1) is 0 Å². The van der Waals surface area contributed by atoms with Gasteiger partial charge in [-0.25, -0.2) is 0 Å². The standard InChI is InChI=1S/C42H54N2/c1-3-17-35(18-4-1)37-21-7-8-22-38(36-19-5-2-6-20-36)24-10-12-26-40(42-30-16-32-44-34-42)28-14-13-27-39(25-11-9-23-37)41-29-15-31-43-33-41/h1-6,15-20,29-34,37-40H,7-14,21-28H2. The van der Waals surface area contributed by atoms with Gasteiger partial charge < -0.3 is 0 Å². The molecule has 2 heteroatoms. The molecular formula is C42H54N2. The lowest BCUT2D eigenvalue weighted by Gasteiger charge is -2.22. The van der Waals surface area contributed by atoms with Crippen molar-refractivity contribution in [1.29, 1.82) is 0 Å². The summed E-state index contributed by atoms with van der Waals surface area (Å²) in [6.07, 6.45) is 28.9. The van der Waals surface area contributed by atoms with E-state index in [-0.39, 0.29) is 0 Å². The number of benzene rings is 2. The number of aromatic nitrogens is 2. The average molecular weight is 587 g/mol. The lowest BCUT2D eigenvalue weighted by Crippen LogP contribution is -2.05. The second-order valence-corrected chi connectivity index (χ2v) is 13.3. The summed E-state index contributed by atoms with van der Waals surface area (Å²) in [7, 11) is 0. The first-order chi connectivity index (χ1) is 21.9. The predicted molar refractivity (Wildman–Crippen MR) is 186 cm³/mol. The van der Waals surface area contributed by atoms with Crippen molar-refractivity contribution in [3.8, 4) is 0 Å². The van der Waals surface area contributed by atoms with Crippen LogP contribution in [0.4, 0.5) is 0 Å². The highest BCUT2D eigenvalue weighted by molar-refractivity contribution is 5.21. The second kappa shape index (κ2) is 18.5. The van der Waals surface area contributed by atoms with Crippen molar-refractivity contribution in [3.63, 3.8) is 0 Å². The van der Waals surface area contributed by atoms with Crippen LogP contribution in [0.3, 0.4) is 0 Å². The topological polar surface area (TPSA) is 25.8 Å². The lowest BCUT2D eigenvalue weighted by molar-refractivity contribution is 0.433. The van der Waals surface area contributed by atoms with Crippen LogP contribution in [-0.4, -0.2) is 9.97 Å². The molecule has 4 atom stereocenters. The molecule has 2 aromatic carbocycles. The summed E-state index contributed by atoms with van der Waals surface area (Å²) in [5.74, 6) is 2.60. The van der Waals surface area contributed by atoms with Gasteiger partial charge in [0.1, 0.15) is 0 Å². The summed E-state index contributed by atoms with van der Waals surface area (Å²) >= 11 is 0. The molecular weight excluding hydrogens is 532 g/mol. The van der Waals surface area contributed by atoms with Crippen molar-refractivity contribution in [2.24, 2.45) is 0 Å². The molecule has 1 fully saturated rings. The van der Waals surface area contributed by atoms with E-state index in [2.05, 4.69) is 107 Å². The van der Waals surface area contributed by atoms with Crippen LogP contribution in [0.15, 0.2) is 110 Å². The van der Waals surface area contributed by atoms with E-state index in [9.17, 15) is 0 Å². The van der Waals surface area contributed by atoms with E-state index >= 15 is 0 Å². The number of hydrogen-bond acceptors (Lipinski definition) is 2. The molecule has 0 aliphatic heterocycles. The van der Waals surface area contributed by atoms with Crippen molar-refractivity contribution < 1.29 is 0 Å². The zero-order valence-electron chi connectivity index (χ0n) is 26.9. The van der Waals surface area contributed by atoms with E-state index in [1.165, 1.54) is 114 Å². The van der Waals surface area contributed by atoms with E-state index in [0.717, 1.165) is 0 Å². The molecule has 0 spiro atoms. The maximum atomic E-state index is 4.50. The number of rotatable bonds is 4. The highest BCUT2D eigenvalue weighted by Gasteiger charge is 2.18. The summed E-state index contributed by atoms with van der Waals surface area (Å²) in [5, 5.41) is 0. The Bertz CT molecular complexity index is 1040. The summed E-state index contributed by atoms with van der Waals surface area (Å²) in [5.41, 5.74) is 5.96. The minimum absolute atomic E-state index is 0.622. The highest BCUT2D eigenvalue weighted by atomic mass is 14.6. The van der Waals surface area contributed by atoms with Crippen LogP contribution in [0.25, 0.3) is 0 Å². The summed E-state index contributed by atoms with van der Waals surface area (Å²) in [6, 6.07) is 31.6. The second-order valence-electron chi connectivity index (χ2n) is 13.3. The van der Waals surface area contributed by atoms with Crippen LogP contribution in [0.5, 0.6) is 0 Å². The van der Waals surface area contributed by atoms with Crippen LogP contribution < -0.4 is 0 Å². The monoisotopic (exact) mass is 586 g/mol. The molecule has 2 aromatic heterocycles. The molecule has 4 aromatic rings. The molecule has 2 nitrogen and oxygen atoms in total. The van der Waals surface area contributed by atoms with Gasteiger partial charge in [-0.05, 0) is 109 Å². The van der Waals surface area contributed by atoms with Crippen LogP contribution in [0.1, 0.15) is 149 Å². The molecule has 44 heavy (non-hydrogen) atoms. The van der Waals surface area contributed by atoms with Crippen LogP contribution in [0.2, 0.25) is 0 Å². The Labute approximate surface area is 267 Å². The Kier molecular flexibility index (Phi) is 13.5. The van der Waals surface area contributed by atoms with Crippen molar-refractivity contribution in [1.82, 2.24) is 9.97 Å². The quantitative estimate of drug-likeness (QED) is 0.238. The zero-order valence-corrected chi connectivity index (χ0v) is 26.9. The van der Waals surface area contributed by atoms with E-state index in [1.54, 1.807) is 11.1 Å². The first kappa shape index (κ1) is 32.1. The van der Waals surface area contributed by atoms with Gasteiger partial charge in [0, 0.05) is 24.8 Å². The van der Waals surface area contributed by atoms with E-state index in [4.69, 9.17) is 0 Å². The fourth-order valence-electron chi connectivity index (χ4n) is 7.72. The summed E-state index contributed by atoms with van der Waals surface area (Å²) in [4.78, 5) is 8.99. The maximum Gasteiger partial charge on any atom is 0.0302 e. The first-order valence-corrected chi connectivity index (χ1v) is 17.8. The van der Waals surface area contributed by atoms with Gasteiger partial charge in [0.2, 0.25) is 0 Å². The molecule has 0 amide bonds. The first-order valence-electron chi connectivity index (χ1n) is 17.8. The Balaban J connectivity index is 1.28. The normalized spacial score (nSPS) is 23.8. The van der Waals surface area contributed by atoms with Gasteiger partial charge in [-0.2, -0.15) is 0 Å². The third kappa shape index (κ3) is 10.4. The maximum absolute atomic E-state index is 4.50. The van der Waals surface area contributed by atoms with Crippen molar-refractivity contribution >= 4 is 0 Å². The molecule has 0 N–H and O–H groups in total. The molecule has 1 aliphatic carbocycles. The Morgan fingerprint density at radius 1 is 0.318 bits per heavy atom. The molecule has 0 radical (unpaired) electrons. The van der Waals surface area contributed by atoms with Gasteiger partial charge in [-0.1, -0.05) is 124 Å². The minimum Gasteiger partial charge on any atom is -0.264 e. The molecule has 0 saturated heterocycles. The molecule has 1 aliphatic rings. The largest absolute Gasteiger partial charge is 0.264 e. The third-order valence-electron chi connectivity index (χ3n) is 10.3. The van der Waals surface area contributed by atoms with Crippen molar-refractivity contribution in [3.05, 3.63) is 132 Å².